The van der Waals surface area contributed by atoms with E-state index in [-0.39, 0.29) is 12.3 Å². The highest BCUT2D eigenvalue weighted by atomic mass is 16.4. The number of aliphatic carboxylic acids is 1. The van der Waals surface area contributed by atoms with Crippen LogP contribution < -0.4 is 5.73 Å². The highest BCUT2D eigenvalue weighted by molar-refractivity contribution is 5.68. The highest BCUT2D eigenvalue weighted by Crippen LogP contribution is 2.25. The first-order valence-corrected chi connectivity index (χ1v) is 4.53. The van der Waals surface area contributed by atoms with Gasteiger partial charge in [0.2, 0.25) is 0 Å². The van der Waals surface area contributed by atoms with Gasteiger partial charge in [0.15, 0.2) is 0 Å². The molecule has 1 rings (SSSR count). The van der Waals surface area contributed by atoms with E-state index in [0.717, 1.165) is 11.3 Å². The van der Waals surface area contributed by atoms with Crippen molar-refractivity contribution in [3.63, 3.8) is 0 Å². The number of carboxylic acid groups (broad SMARTS) is 1. The minimum Gasteiger partial charge on any atom is -0.481 e. The van der Waals surface area contributed by atoms with Gasteiger partial charge in [0, 0.05) is 12.5 Å². The van der Waals surface area contributed by atoms with E-state index in [2.05, 4.69) is 0 Å². The summed E-state index contributed by atoms with van der Waals surface area (Å²) in [5, 5.41) is 8.68. The van der Waals surface area contributed by atoms with Crippen LogP contribution in [0.5, 0.6) is 0 Å². The monoisotopic (exact) mass is 197 g/mol. The van der Waals surface area contributed by atoms with E-state index in [9.17, 15) is 4.79 Å². The van der Waals surface area contributed by atoms with Crippen LogP contribution in [0.2, 0.25) is 0 Å². The average molecular weight is 197 g/mol. The van der Waals surface area contributed by atoms with Gasteiger partial charge in [-0.05, 0) is 25.5 Å². The third-order valence-corrected chi connectivity index (χ3v) is 2.16. The molecule has 1 aromatic rings. The van der Waals surface area contributed by atoms with Crippen molar-refractivity contribution in [1.82, 2.24) is 0 Å². The second-order valence-corrected chi connectivity index (χ2v) is 3.43. The molecule has 4 heteroatoms. The van der Waals surface area contributed by atoms with Gasteiger partial charge in [-0.2, -0.15) is 0 Å². The number of hydrogen-bond donors (Lipinski definition) is 2. The summed E-state index contributed by atoms with van der Waals surface area (Å²) in [4.78, 5) is 10.6. The van der Waals surface area contributed by atoms with Crippen LogP contribution in [0.1, 0.15) is 29.4 Å². The van der Waals surface area contributed by atoms with Crippen LogP contribution in [0.3, 0.4) is 0 Å². The lowest BCUT2D eigenvalue weighted by Crippen LogP contribution is -2.16. The largest absolute Gasteiger partial charge is 0.481 e. The maximum absolute atomic E-state index is 10.6. The molecule has 4 nitrogen and oxygen atoms in total. The lowest BCUT2D eigenvalue weighted by atomic mass is 10.00. The number of carboxylic acids is 1. The maximum atomic E-state index is 10.6. The van der Waals surface area contributed by atoms with Crippen molar-refractivity contribution in [3.8, 4) is 0 Å². The van der Waals surface area contributed by atoms with Crippen molar-refractivity contribution in [3.05, 3.63) is 23.2 Å². The van der Waals surface area contributed by atoms with E-state index in [1.807, 2.05) is 19.9 Å². The third-order valence-electron chi connectivity index (χ3n) is 2.16. The van der Waals surface area contributed by atoms with Crippen molar-refractivity contribution >= 4 is 5.97 Å². The molecule has 1 aromatic heterocycles. The summed E-state index contributed by atoms with van der Waals surface area (Å²) in [6.45, 7) is 4.03. The van der Waals surface area contributed by atoms with E-state index >= 15 is 0 Å². The molecule has 0 aliphatic carbocycles. The number of nitrogens with two attached hydrogens (primary N) is 1. The second-order valence-electron chi connectivity index (χ2n) is 3.43. The Bertz CT molecular complexity index is 330. The Morgan fingerprint density at radius 3 is 2.64 bits per heavy atom. The topological polar surface area (TPSA) is 76.5 Å². The molecule has 0 saturated heterocycles. The Hall–Kier alpha value is -1.29. The number of aryl methyl sites for hydroxylation is 2. The Morgan fingerprint density at radius 2 is 2.29 bits per heavy atom. The van der Waals surface area contributed by atoms with E-state index in [1.54, 1.807) is 0 Å². The van der Waals surface area contributed by atoms with Crippen LogP contribution in [0.15, 0.2) is 10.5 Å². The van der Waals surface area contributed by atoms with Crippen molar-refractivity contribution in [1.29, 1.82) is 0 Å². The summed E-state index contributed by atoms with van der Waals surface area (Å²) in [6, 6.07) is 1.89. The Labute approximate surface area is 82.7 Å². The van der Waals surface area contributed by atoms with Crippen LogP contribution in [-0.4, -0.2) is 17.6 Å². The van der Waals surface area contributed by atoms with E-state index in [4.69, 9.17) is 15.3 Å². The third kappa shape index (κ3) is 2.35. The van der Waals surface area contributed by atoms with Crippen molar-refractivity contribution < 1.29 is 14.3 Å². The molecule has 0 aliphatic rings. The quantitative estimate of drug-likeness (QED) is 0.765. The predicted molar refractivity (Wildman–Crippen MR) is 52.2 cm³/mol. The van der Waals surface area contributed by atoms with Gasteiger partial charge in [0.05, 0.1) is 6.42 Å². The van der Waals surface area contributed by atoms with E-state index < -0.39 is 5.97 Å². The van der Waals surface area contributed by atoms with Gasteiger partial charge in [-0.3, -0.25) is 4.79 Å². The van der Waals surface area contributed by atoms with E-state index in [1.165, 1.54) is 0 Å². The van der Waals surface area contributed by atoms with Gasteiger partial charge in [0.25, 0.3) is 0 Å². The summed E-state index contributed by atoms with van der Waals surface area (Å²) in [6.07, 6.45) is 0.0181. The molecule has 1 atom stereocenters. The van der Waals surface area contributed by atoms with Crippen molar-refractivity contribution in [2.24, 2.45) is 5.73 Å². The summed E-state index contributed by atoms with van der Waals surface area (Å²) in [5.74, 6) is 0.420. The second kappa shape index (κ2) is 4.28. The lowest BCUT2D eigenvalue weighted by molar-refractivity contribution is -0.137. The molecule has 0 radical (unpaired) electrons. The zero-order valence-electron chi connectivity index (χ0n) is 8.41. The number of hydrogen-bond acceptors (Lipinski definition) is 3. The van der Waals surface area contributed by atoms with Crippen molar-refractivity contribution in [2.75, 3.05) is 6.54 Å². The van der Waals surface area contributed by atoms with Gasteiger partial charge < -0.3 is 15.3 Å². The van der Waals surface area contributed by atoms with Crippen LogP contribution in [-0.2, 0) is 4.79 Å². The molecule has 3 N–H and O–H groups in total. The predicted octanol–water partition coefficient (Wildman–Crippen LogP) is 1.41. The summed E-state index contributed by atoms with van der Waals surface area (Å²) < 4.78 is 5.42. The lowest BCUT2D eigenvalue weighted by Gasteiger charge is -2.09. The molecular formula is C10H15NO3. The smallest absolute Gasteiger partial charge is 0.304 e. The number of furan rings is 1. The summed E-state index contributed by atoms with van der Waals surface area (Å²) >= 11 is 0. The molecule has 0 fully saturated rings. The minimum atomic E-state index is -0.853. The van der Waals surface area contributed by atoms with Crippen LogP contribution in [0.4, 0.5) is 0 Å². The summed E-state index contributed by atoms with van der Waals surface area (Å²) in [5.41, 5.74) is 6.48. The van der Waals surface area contributed by atoms with Gasteiger partial charge in [0.1, 0.15) is 11.5 Å². The maximum Gasteiger partial charge on any atom is 0.304 e. The summed E-state index contributed by atoms with van der Waals surface area (Å²) in [7, 11) is 0. The average Bonchev–Trinajstić information content (AvgIpc) is 2.41. The number of carbonyl (C=O) groups is 1. The fourth-order valence-electron chi connectivity index (χ4n) is 1.56. The molecule has 1 unspecified atom stereocenters. The first kappa shape index (κ1) is 10.8. The molecule has 0 bridgehead atoms. The Kier molecular flexibility index (Phi) is 3.30. The molecule has 0 spiro atoms. The SMILES string of the molecule is Cc1cc(C)c(C(CN)CC(=O)O)o1. The zero-order valence-corrected chi connectivity index (χ0v) is 8.41. The van der Waals surface area contributed by atoms with Crippen LogP contribution in [0, 0.1) is 13.8 Å². The molecule has 78 valence electrons. The first-order chi connectivity index (χ1) is 6.54. The van der Waals surface area contributed by atoms with Gasteiger partial charge in [-0.15, -0.1) is 0 Å². The van der Waals surface area contributed by atoms with Crippen LogP contribution >= 0.6 is 0 Å². The molecule has 0 aromatic carbocycles. The molecule has 0 aliphatic heterocycles. The normalized spacial score (nSPS) is 12.8. The molecule has 0 saturated carbocycles. The van der Waals surface area contributed by atoms with Gasteiger partial charge in [-0.25, -0.2) is 0 Å². The molecular weight excluding hydrogens is 182 g/mol. The molecule has 0 amide bonds. The Balaban J connectivity index is 2.88. The first-order valence-electron chi connectivity index (χ1n) is 4.53. The molecule has 1 heterocycles. The minimum absolute atomic E-state index is 0.0181. The molecule has 14 heavy (non-hydrogen) atoms. The Morgan fingerprint density at radius 1 is 1.64 bits per heavy atom. The van der Waals surface area contributed by atoms with Gasteiger partial charge in [-0.1, -0.05) is 0 Å². The standard InChI is InChI=1S/C10H15NO3/c1-6-3-7(2)14-10(6)8(5-11)4-9(12)13/h3,8H,4-5,11H2,1-2H3,(H,12,13). The fourth-order valence-corrected chi connectivity index (χ4v) is 1.56. The van der Waals surface area contributed by atoms with E-state index in [0.29, 0.717) is 12.3 Å². The fraction of sp³-hybridized carbons (Fsp3) is 0.500. The number of rotatable bonds is 4. The highest BCUT2D eigenvalue weighted by Gasteiger charge is 2.19. The van der Waals surface area contributed by atoms with Crippen LogP contribution in [0.25, 0.3) is 0 Å². The zero-order chi connectivity index (χ0) is 10.7. The van der Waals surface area contributed by atoms with Crippen molar-refractivity contribution in [2.45, 2.75) is 26.2 Å². The van der Waals surface area contributed by atoms with Gasteiger partial charge >= 0.3 is 5.97 Å².